The van der Waals surface area contributed by atoms with E-state index >= 15 is 0 Å². The van der Waals surface area contributed by atoms with Crippen LogP contribution in [0.5, 0.6) is 11.5 Å². The third kappa shape index (κ3) is 3.68. The Balaban J connectivity index is 1.68. The van der Waals surface area contributed by atoms with Crippen LogP contribution in [0.25, 0.3) is 0 Å². The smallest absolute Gasteiger partial charge is 0.161 e. The quantitative estimate of drug-likeness (QED) is 0.847. The highest BCUT2D eigenvalue weighted by Crippen LogP contribution is 2.29. The molecule has 1 aromatic heterocycles. The number of rotatable bonds is 5. The maximum Gasteiger partial charge on any atom is 0.161 e. The molecule has 124 valence electrons. The molecule has 1 atom stereocenters. The van der Waals surface area contributed by atoms with Crippen LogP contribution in [0, 0.1) is 6.92 Å². The van der Waals surface area contributed by atoms with E-state index in [2.05, 4.69) is 11.0 Å². The Morgan fingerprint density at radius 3 is 2.65 bits per heavy atom. The van der Waals surface area contributed by atoms with Gasteiger partial charge < -0.3 is 18.6 Å². The summed E-state index contributed by atoms with van der Waals surface area (Å²) in [5.74, 6) is 3.33. The Morgan fingerprint density at radius 2 is 1.96 bits per heavy atom. The summed E-state index contributed by atoms with van der Waals surface area (Å²) >= 11 is 0. The van der Waals surface area contributed by atoms with Crippen LogP contribution in [0.15, 0.2) is 34.7 Å². The lowest BCUT2D eigenvalue weighted by atomic mass is 10.1. The summed E-state index contributed by atoms with van der Waals surface area (Å²) < 4.78 is 22.2. The number of hydrogen-bond donors (Lipinski definition) is 0. The average molecular weight is 317 g/mol. The molecule has 1 aromatic carbocycles. The van der Waals surface area contributed by atoms with E-state index < -0.39 is 0 Å². The van der Waals surface area contributed by atoms with Gasteiger partial charge >= 0.3 is 0 Å². The van der Waals surface area contributed by atoms with Crippen molar-refractivity contribution in [2.75, 3.05) is 33.9 Å². The van der Waals surface area contributed by atoms with Crippen molar-refractivity contribution < 1.29 is 18.6 Å². The minimum absolute atomic E-state index is 0.00223. The van der Waals surface area contributed by atoms with Crippen molar-refractivity contribution in [3.05, 3.63) is 47.4 Å². The van der Waals surface area contributed by atoms with Crippen molar-refractivity contribution >= 4 is 0 Å². The standard InChI is InChI=1S/C18H23NO4/c1-13-4-6-16(23-13)18-12-19(8-9-22-18)11-14-5-7-15(20-2)17(10-14)21-3/h4-7,10,18H,8-9,11-12H2,1-3H3. The van der Waals surface area contributed by atoms with Crippen LogP contribution < -0.4 is 9.47 Å². The molecular weight excluding hydrogens is 294 g/mol. The summed E-state index contributed by atoms with van der Waals surface area (Å²) in [4.78, 5) is 2.37. The number of morpholine rings is 1. The van der Waals surface area contributed by atoms with Gasteiger partial charge in [-0.3, -0.25) is 4.90 Å². The average Bonchev–Trinajstić information content (AvgIpc) is 3.01. The Bertz CT molecular complexity index is 652. The zero-order valence-corrected chi connectivity index (χ0v) is 13.9. The first-order valence-electron chi connectivity index (χ1n) is 7.81. The molecule has 0 spiro atoms. The SMILES string of the molecule is COc1ccc(CN2CCOC(c3ccc(C)o3)C2)cc1OC. The van der Waals surface area contributed by atoms with Gasteiger partial charge in [0.15, 0.2) is 11.5 Å². The molecule has 0 radical (unpaired) electrons. The molecule has 0 N–H and O–H groups in total. The zero-order valence-electron chi connectivity index (χ0n) is 13.9. The Kier molecular flexibility index (Phi) is 4.88. The first-order chi connectivity index (χ1) is 11.2. The minimum atomic E-state index is -0.00223. The molecule has 0 bridgehead atoms. The molecule has 0 amide bonds. The maximum atomic E-state index is 5.85. The second kappa shape index (κ2) is 7.06. The monoisotopic (exact) mass is 317 g/mol. The highest BCUT2D eigenvalue weighted by molar-refractivity contribution is 5.42. The van der Waals surface area contributed by atoms with Gasteiger partial charge in [0.05, 0.1) is 20.8 Å². The van der Waals surface area contributed by atoms with Gasteiger partial charge in [-0.1, -0.05) is 6.07 Å². The fourth-order valence-electron chi connectivity index (χ4n) is 2.88. The number of hydrogen-bond acceptors (Lipinski definition) is 5. The minimum Gasteiger partial charge on any atom is -0.493 e. The van der Waals surface area contributed by atoms with Crippen LogP contribution in [0.4, 0.5) is 0 Å². The summed E-state index contributed by atoms with van der Waals surface area (Å²) in [7, 11) is 3.31. The molecule has 5 heteroatoms. The summed E-state index contributed by atoms with van der Waals surface area (Å²) in [5.41, 5.74) is 1.19. The second-order valence-corrected chi connectivity index (χ2v) is 5.73. The summed E-state index contributed by atoms with van der Waals surface area (Å²) in [6, 6.07) is 10.0. The Hall–Kier alpha value is -1.98. The number of aryl methyl sites for hydroxylation is 1. The molecule has 1 unspecified atom stereocenters. The van der Waals surface area contributed by atoms with Gasteiger partial charge in [0.2, 0.25) is 0 Å². The summed E-state index contributed by atoms with van der Waals surface area (Å²) in [6.07, 6.45) is -0.00223. The van der Waals surface area contributed by atoms with E-state index in [0.717, 1.165) is 42.7 Å². The third-order valence-electron chi connectivity index (χ3n) is 4.08. The van der Waals surface area contributed by atoms with E-state index in [1.54, 1.807) is 14.2 Å². The van der Waals surface area contributed by atoms with E-state index in [-0.39, 0.29) is 6.10 Å². The van der Waals surface area contributed by atoms with Gasteiger partial charge in [0.25, 0.3) is 0 Å². The van der Waals surface area contributed by atoms with Gasteiger partial charge in [-0.25, -0.2) is 0 Å². The van der Waals surface area contributed by atoms with Crippen molar-refractivity contribution in [2.24, 2.45) is 0 Å². The second-order valence-electron chi connectivity index (χ2n) is 5.73. The van der Waals surface area contributed by atoms with Crippen molar-refractivity contribution in [3.63, 3.8) is 0 Å². The largest absolute Gasteiger partial charge is 0.493 e. The summed E-state index contributed by atoms with van der Waals surface area (Å²) in [5, 5.41) is 0. The lowest BCUT2D eigenvalue weighted by Gasteiger charge is -2.32. The van der Waals surface area contributed by atoms with Gasteiger partial charge in [0.1, 0.15) is 17.6 Å². The predicted molar refractivity (Wildman–Crippen MR) is 87.0 cm³/mol. The van der Waals surface area contributed by atoms with Crippen molar-refractivity contribution in [1.82, 2.24) is 4.90 Å². The molecule has 1 aliphatic rings. The molecule has 2 heterocycles. The Morgan fingerprint density at radius 1 is 1.13 bits per heavy atom. The first-order valence-corrected chi connectivity index (χ1v) is 7.81. The van der Waals surface area contributed by atoms with E-state index in [1.165, 1.54) is 5.56 Å². The maximum absolute atomic E-state index is 5.85. The van der Waals surface area contributed by atoms with Crippen LogP contribution >= 0.6 is 0 Å². The van der Waals surface area contributed by atoms with E-state index in [1.807, 2.05) is 31.2 Å². The van der Waals surface area contributed by atoms with Crippen LogP contribution in [0.1, 0.15) is 23.2 Å². The molecular formula is C18H23NO4. The highest BCUT2D eigenvalue weighted by Gasteiger charge is 2.24. The molecule has 1 saturated heterocycles. The highest BCUT2D eigenvalue weighted by atomic mass is 16.5. The molecule has 5 nitrogen and oxygen atoms in total. The fraction of sp³-hybridized carbons (Fsp3) is 0.444. The normalized spacial score (nSPS) is 18.8. The van der Waals surface area contributed by atoms with E-state index in [0.29, 0.717) is 6.61 Å². The van der Waals surface area contributed by atoms with E-state index in [9.17, 15) is 0 Å². The number of benzene rings is 1. The molecule has 1 aliphatic heterocycles. The van der Waals surface area contributed by atoms with Crippen LogP contribution in [-0.2, 0) is 11.3 Å². The van der Waals surface area contributed by atoms with Gasteiger partial charge in [-0.05, 0) is 36.8 Å². The Labute approximate surface area is 136 Å². The lowest BCUT2D eigenvalue weighted by Crippen LogP contribution is -2.37. The number of ether oxygens (including phenoxy) is 3. The molecule has 2 aromatic rings. The predicted octanol–water partition coefficient (Wildman–Crippen LogP) is 3.18. The molecule has 3 rings (SSSR count). The zero-order chi connectivity index (χ0) is 16.2. The third-order valence-corrected chi connectivity index (χ3v) is 4.08. The fourth-order valence-corrected chi connectivity index (χ4v) is 2.88. The van der Waals surface area contributed by atoms with E-state index in [4.69, 9.17) is 18.6 Å². The molecule has 1 fully saturated rings. The number of furan rings is 1. The summed E-state index contributed by atoms with van der Waals surface area (Å²) in [6.45, 7) is 5.23. The topological polar surface area (TPSA) is 44.1 Å². The lowest BCUT2D eigenvalue weighted by molar-refractivity contribution is -0.0430. The van der Waals surface area contributed by atoms with Crippen LogP contribution in [0.2, 0.25) is 0 Å². The van der Waals surface area contributed by atoms with Crippen molar-refractivity contribution in [1.29, 1.82) is 0 Å². The van der Waals surface area contributed by atoms with Crippen LogP contribution in [-0.4, -0.2) is 38.8 Å². The first kappa shape index (κ1) is 15.9. The van der Waals surface area contributed by atoms with Crippen molar-refractivity contribution in [2.45, 2.75) is 19.6 Å². The molecule has 0 aliphatic carbocycles. The number of nitrogens with zero attached hydrogens (tertiary/aromatic N) is 1. The van der Waals surface area contributed by atoms with Gasteiger partial charge in [0, 0.05) is 19.6 Å². The molecule has 23 heavy (non-hydrogen) atoms. The number of methoxy groups -OCH3 is 2. The van der Waals surface area contributed by atoms with Crippen LogP contribution in [0.3, 0.4) is 0 Å². The van der Waals surface area contributed by atoms with Crippen molar-refractivity contribution in [3.8, 4) is 11.5 Å². The van der Waals surface area contributed by atoms with Gasteiger partial charge in [-0.2, -0.15) is 0 Å². The molecule has 0 saturated carbocycles. The van der Waals surface area contributed by atoms with Gasteiger partial charge in [-0.15, -0.1) is 0 Å².